The molecule has 2 heterocycles. The fourth-order valence-electron chi connectivity index (χ4n) is 3.20. The van der Waals surface area contributed by atoms with Crippen LogP contribution in [0.25, 0.3) is 10.8 Å². The summed E-state index contributed by atoms with van der Waals surface area (Å²) in [5.41, 5.74) is 6.94. The first-order valence-corrected chi connectivity index (χ1v) is 7.64. The maximum Gasteiger partial charge on any atom is 0.136 e. The first-order valence-electron chi connectivity index (χ1n) is 7.64. The van der Waals surface area contributed by atoms with Crippen LogP contribution in [0.15, 0.2) is 30.5 Å². The summed E-state index contributed by atoms with van der Waals surface area (Å²) in [4.78, 5) is 7.08. The Kier molecular flexibility index (Phi) is 4.36. The molecule has 0 saturated carbocycles. The second-order valence-electron chi connectivity index (χ2n) is 5.74. The molecular weight excluding hydrogens is 262 g/mol. The van der Waals surface area contributed by atoms with E-state index in [9.17, 15) is 0 Å². The zero-order valence-electron chi connectivity index (χ0n) is 12.6. The molecule has 4 nitrogen and oxygen atoms in total. The van der Waals surface area contributed by atoms with Crippen molar-refractivity contribution in [3.63, 3.8) is 0 Å². The Labute approximate surface area is 125 Å². The topological polar surface area (TPSA) is 51.4 Å². The predicted molar refractivity (Wildman–Crippen MR) is 86.4 cm³/mol. The second-order valence-corrected chi connectivity index (χ2v) is 5.74. The van der Waals surface area contributed by atoms with Crippen molar-refractivity contribution in [3.8, 4) is 0 Å². The number of pyridine rings is 1. The van der Waals surface area contributed by atoms with Gasteiger partial charge in [0.05, 0.1) is 0 Å². The maximum absolute atomic E-state index is 5.83. The molecule has 0 bridgehead atoms. The Morgan fingerprint density at radius 1 is 1.24 bits per heavy atom. The van der Waals surface area contributed by atoms with Crippen LogP contribution in [0.5, 0.6) is 0 Å². The van der Waals surface area contributed by atoms with Gasteiger partial charge in [0.1, 0.15) is 5.82 Å². The van der Waals surface area contributed by atoms with Crippen molar-refractivity contribution in [2.24, 2.45) is 11.7 Å². The number of nitrogens with two attached hydrogens (primary N) is 1. The molecule has 0 spiro atoms. The van der Waals surface area contributed by atoms with E-state index in [2.05, 4.69) is 34.1 Å². The van der Waals surface area contributed by atoms with E-state index in [0.717, 1.165) is 31.1 Å². The van der Waals surface area contributed by atoms with Gasteiger partial charge in [-0.2, -0.15) is 0 Å². The van der Waals surface area contributed by atoms with Gasteiger partial charge in [0.15, 0.2) is 0 Å². The number of hydrogen-bond acceptors (Lipinski definition) is 4. The summed E-state index contributed by atoms with van der Waals surface area (Å²) in [6.45, 7) is 3.50. The largest absolute Gasteiger partial charge is 0.384 e. The summed E-state index contributed by atoms with van der Waals surface area (Å²) in [5, 5.41) is 2.44. The van der Waals surface area contributed by atoms with Crippen LogP contribution in [0.1, 0.15) is 18.4 Å². The van der Waals surface area contributed by atoms with Crippen molar-refractivity contribution in [3.05, 3.63) is 36.0 Å². The van der Waals surface area contributed by atoms with Crippen LogP contribution in [-0.4, -0.2) is 31.8 Å². The molecule has 4 heteroatoms. The highest BCUT2D eigenvalue weighted by Gasteiger charge is 2.21. The smallest absolute Gasteiger partial charge is 0.136 e. The second kappa shape index (κ2) is 6.41. The van der Waals surface area contributed by atoms with E-state index >= 15 is 0 Å². The Balaban J connectivity index is 1.88. The lowest BCUT2D eigenvalue weighted by Gasteiger charge is -2.33. The third-order valence-corrected chi connectivity index (χ3v) is 4.39. The minimum absolute atomic E-state index is 0.531. The standard InChI is InChI=1S/C17H23N3O/c1-21-12-13-6-8-20(9-7-13)17-16-5-3-2-4-15(16)14(10-18)11-19-17/h2-5,11,13H,6-10,12,18H2,1H3. The number of nitrogens with zero attached hydrogens (tertiary/aromatic N) is 2. The van der Waals surface area contributed by atoms with Gasteiger partial charge in [0.25, 0.3) is 0 Å². The Hall–Kier alpha value is -1.65. The number of fused-ring (bicyclic) bond motifs is 1. The molecule has 0 radical (unpaired) electrons. The summed E-state index contributed by atoms with van der Waals surface area (Å²) >= 11 is 0. The first-order chi connectivity index (χ1) is 10.3. The normalized spacial score (nSPS) is 16.6. The maximum atomic E-state index is 5.83. The van der Waals surface area contributed by atoms with E-state index < -0.39 is 0 Å². The number of rotatable bonds is 4. The predicted octanol–water partition coefficient (Wildman–Crippen LogP) is 2.56. The molecule has 112 valence electrons. The molecule has 0 atom stereocenters. The molecule has 2 N–H and O–H groups in total. The van der Waals surface area contributed by atoms with Gasteiger partial charge in [-0.05, 0) is 29.7 Å². The highest BCUT2D eigenvalue weighted by molar-refractivity contribution is 5.94. The molecule has 3 rings (SSSR count). The van der Waals surface area contributed by atoms with Crippen molar-refractivity contribution < 1.29 is 4.74 Å². The van der Waals surface area contributed by atoms with E-state index in [-0.39, 0.29) is 0 Å². The van der Waals surface area contributed by atoms with Crippen LogP contribution in [-0.2, 0) is 11.3 Å². The van der Waals surface area contributed by atoms with E-state index in [0.29, 0.717) is 12.5 Å². The number of benzene rings is 1. The van der Waals surface area contributed by atoms with Gasteiger partial charge >= 0.3 is 0 Å². The van der Waals surface area contributed by atoms with Crippen molar-refractivity contribution in [2.75, 3.05) is 31.7 Å². The minimum Gasteiger partial charge on any atom is -0.384 e. The van der Waals surface area contributed by atoms with Gasteiger partial charge in [-0.25, -0.2) is 4.98 Å². The number of anilines is 1. The summed E-state index contributed by atoms with van der Waals surface area (Å²) in [6.07, 6.45) is 4.27. The Morgan fingerprint density at radius 2 is 1.95 bits per heavy atom. The van der Waals surface area contributed by atoms with Gasteiger partial charge in [0, 0.05) is 44.9 Å². The van der Waals surface area contributed by atoms with Gasteiger partial charge < -0.3 is 15.4 Å². The average Bonchev–Trinajstić information content (AvgIpc) is 2.55. The fourth-order valence-corrected chi connectivity index (χ4v) is 3.20. The number of piperidine rings is 1. The van der Waals surface area contributed by atoms with E-state index in [1.54, 1.807) is 7.11 Å². The third-order valence-electron chi connectivity index (χ3n) is 4.39. The molecule has 1 saturated heterocycles. The lowest BCUT2D eigenvalue weighted by molar-refractivity contribution is 0.139. The summed E-state index contributed by atoms with van der Waals surface area (Å²) in [7, 11) is 1.78. The number of aromatic nitrogens is 1. The van der Waals surface area contributed by atoms with Gasteiger partial charge in [-0.1, -0.05) is 24.3 Å². The lowest BCUT2D eigenvalue weighted by Crippen LogP contribution is -2.35. The quantitative estimate of drug-likeness (QED) is 0.938. The Bertz CT molecular complexity index is 606. The van der Waals surface area contributed by atoms with Gasteiger partial charge in [-0.15, -0.1) is 0 Å². The van der Waals surface area contributed by atoms with Crippen molar-refractivity contribution >= 4 is 16.6 Å². The monoisotopic (exact) mass is 285 g/mol. The molecule has 1 aliphatic heterocycles. The fraction of sp³-hybridized carbons (Fsp3) is 0.471. The first kappa shape index (κ1) is 14.3. The Morgan fingerprint density at radius 3 is 2.62 bits per heavy atom. The zero-order valence-corrected chi connectivity index (χ0v) is 12.6. The van der Waals surface area contributed by atoms with E-state index in [1.165, 1.54) is 23.6 Å². The van der Waals surface area contributed by atoms with Crippen LogP contribution in [0.4, 0.5) is 5.82 Å². The van der Waals surface area contributed by atoms with Crippen molar-refractivity contribution in [1.29, 1.82) is 0 Å². The number of hydrogen-bond donors (Lipinski definition) is 1. The zero-order chi connectivity index (χ0) is 14.7. The molecule has 2 aromatic rings. The van der Waals surface area contributed by atoms with Crippen LogP contribution in [0, 0.1) is 5.92 Å². The van der Waals surface area contributed by atoms with Gasteiger partial charge in [-0.3, -0.25) is 0 Å². The van der Waals surface area contributed by atoms with Gasteiger partial charge in [0.2, 0.25) is 0 Å². The molecule has 0 unspecified atom stereocenters. The van der Waals surface area contributed by atoms with Crippen LogP contribution in [0.2, 0.25) is 0 Å². The van der Waals surface area contributed by atoms with E-state index in [4.69, 9.17) is 10.5 Å². The summed E-state index contributed by atoms with van der Waals surface area (Å²) in [5.74, 6) is 1.78. The molecule has 1 aliphatic rings. The van der Waals surface area contributed by atoms with Crippen LogP contribution in [0.3, 0.4) is 0 Å². The van der Waals surface area contributed by atoms with Crippen molar-refractivity contribution in [2.45, 2.75) is 19.4 Å². The molecule has 1 aromatic heterocycles. The lowest BCUT2D eigenvalue weighted by atomic mass is 9.97. The molecule has 21 heavy (non-hydrogen) atoms. The minimum atomic E-state index is 0.531. The number of methoxy groups -OCH3 is 1. The summed E-state index contributed by atoms with van der Waals surface area (Å²) in [6, 6.07) is 8.43. The highest BCUT2D eigenvalue weighted by Crippen LogP contribution is 2.30. The molecular formula is C17H23N3O. The van der Waals surface area contributed by atoms with Crippen LogP contribution < -0.4 is 10.6 Å². The molecule has 0 aliphatic carbocycles. The van der Waals surface area contributed by atoms with Crippen molar-refractivity contribution in [1.82, 2.24) is 4.98 Å². The SMILES string of the molecule is COCC1CCN(c2ncc(CN)c3ccccc23)CC1. The molecule has 0 amide bonds. The molecule has 1 aromatic carbocycles. The highest BCUT2D eigenvalue weighted by atomic mass is 16.5. The molecule has 1 fully saturated rings. The third kappa shape index (κ3) is 2.87. The van der Waals surface area contributed by atoms with E-state index in [1.807, 2.05) is 6.20 Å². The summed E-state index contributed by atoms with van der Waals surface area (Å²) < 4.78 is 5.27. The van der Waals surface area contributed by atoms with Crippen LogP contribution >= 0.6 is 0 Å². The number of ether oxygens (including phenoxy) is 1. The average molecular weight is 285 g/mol.